The van der Waals surface area contributed by atoms with Crippen LogP contribution < -0.4 is 5.32 Å². The van der Waals surface area contributed by atoms with E-state index >= 15 is 0 Å². The molecule has 7 heteroatoms. The number of benzene rings is 2. The lowest BCUT2D eigenvalue weighted by molar-refractivity contribution is 0.181. The Balaban J connectivity index is 2.17. The second-order valence-corrected chi connectivity index (χ2v) is 4.28. The molecule has 2 nitrogen and oxygen atoms in total. The van der Waals surface area contributed by atoms with Crippen molar-refractivity contribution >= 4 is 5.69 Å². The molecule has 2 aromatic carbocycles. The van der Waals surface area contributed by atoms with Crippen molar-refractivity contribution in [1.82, 2.24) is 0 Å². The lowest BCUT2D eigenvalue weighted by Gasteiger charge is -2.15. The Morgan fingerprint density at radius 1 is 0.905 bits per heavy atom. The largest absolute Gasteiger partial charge is 0.386 e. The fourth-order valence-corrected chi connectivity index (χ4v) is 1.84. The Morgan fingerprint density at radius 2 is 1.43 bits per heavy atom. The maximum Gasteiger partial charge on any atom is 0.152 e. The molecule has 0 saturated heterocycles. The summed E-state index contributed by atoms with van der Waals surface area (Å²) in [5, 5.41) is 11.9. The van der Waals surface area contributed by atoms with E-state index in [2.05, 4.69) is 5.32 Å². The first-order valence-corrected chi connectivity index (χ1v) is 5.90. The van der Waals surface area contributed by atoms with Gasteiger partial charge in [-0.2, -0.15) is 0 Å². The smallest absolute Gasteiger partial charge is 0.152 e. The molecule has 0 amide bonds. The number of aliphatic hydroxyl groups is 1. The van der Waals surface area contributed by atoms with Gasteiger partial charge in [0.1, 0.15) is 29.2 Å². The third-order valence-corrected chi connectivity index (χ3v) is 2.81. The van der Waals surface area contributed by atoms with Crippen molar-refractivity contribution < 1.29 is 27.1 Å². The number of hydrogen-bond acceptors (Lipinski definition) is 2. The molecule has 1 unspecified atom stereocenters. The fraction of sp³-hybridized carbons (Fsp3) is 0.143. The van der Waals surface area contributed by atoms with Gasteiger partial charge in [-0.1, -0.05) is 6.07 Å². The summed E-state index contributed by atoms with van der Waals surface area (Å²) >= 11 is 0. The Bertz CT molecular complexity index is 619. The number of hydrogen-bond donors (Lipinski definition) is 2. The van der Waals surface area contributed by atoms with Gasteiger partial charge in [0.2, 0.25) is 0 Å². The van der Waals surface area contributed by atoms with Crippen LogP contribution in [0.1, 0.15) is 11.7 Å². The van der Waals surface area contributed by atoms with Crippen LogP contribution >= 0.6 is 0 Å². The minimum atomic E-state index is -1.67. The van der Waals surface area contributed by atoms with Crippen LogP contribution in [0.5, 0.6) is 0 Å². The second-order valence-electron chi connectivity index (χ2n) is 4.28. The normalized spacial score (nSPS) is 12.3. The zero-order valence-corrected chi connectivity index (χ0v) is 10.5. The van der Waals surface area contributed by atoms with Crippen molar-refractivity contribution in [3.05, 3.63) is 65.0 Å². The molecular weight excluding hydrogens is 293 g/mol. The van der Waals surface area contributed by atoms with Gasteiger partial charge in [-0.05, 0) is 12.1 Å². The van der Waals surface area contributed by atoms with Gasteiger partial charge in [0, 0.05) is 18.7 Å². The second kappa shape index (κ2) is 6.09. The maximum absolute atomic E-state index is 13.4. The van der Waals surface area contributed by atoms with E-state index in [0.29, 0.717) is 12.1 Å². The molecule has 0 aliphatic rings. The highest BCUT2D eigenvalue weighted by molar-refractivity contribution is 5.46. The number of anilines is 1. The number of rotatable bonds is 4. The molecule has 112 valence electrons. The first-order valence-electron chi connectivity index (χ1n) is 5.90. The lowest BCUT2D eigenvalue weighted by atomic mass is 10.1. The van der Waals surface area contributed by atoms with Gasteiger partial charge < -0.3 is 10.4 Å². The van der Waals surface area contributed by atoms with Crippen LogP contribution in [0.2, 0.25) is 0 Å². The zero-order chi connectivity index (χ0) is 15.6. The molecule has 0 radical (unpaired) electrons. The van der Waals surface area contributed by atoms with Gasteiger partial charge in [0.25, 0.3) is 0 Å². The molecule has 2 aromatic rings. The Labute approximate surface area is 116 Å². The van der Waals surface area contributed by atoms with Crippen molar-refractivity contribution in [3.8, 4) is 0 Å². The Morgan fingerprint density at radius 3 is 1.95 bits per heavy atom. The number of nitrogens with one attached hydrogen (secondary N) is 1. The molecule has 0 spiro atoms. The average Bonchev–Trinajstić information content (AvgIpc) is 2.37. The summed E-state index contributed by atoms with van der Waals surface area (Å²) in [5.41, 5.74) is -1.31. The van der Waals surface area contributed by atoms with E-state index in [1.54, 1.807) is 0 Å². The van der Waals surface area contributed by atoms with E-state index in [9.17, 15) is 27.1 Å². The van der Waals surface area contributed by atoms with Gasteiger partial charge in [0.05, 0.1) is 5.56 Å². The molecule has 1 atom stereocenters. The van der Waals surface area contributed by atoms with Crippen molar-refractivity contribution in [2.75, 3.05) is 11.9 Å². The SMILES string of the molecule is OC(CNc1c(F)cc(F)cc1F)c1c(F)cccc1F. The summed E-state index contributed by atoms with van der Waals surface area (Å²) in [4.78, 5) is 0. The molecule has 2 rings (SSSR count). The van der Waals surface area contributed by atoms with Gasteiger partial charge in [-0.15, -0.1) is 0 Å². The van der Waals surface area contributed by atoms with Gasteiger partial charge in [0.15, 0.2) is 11.6 Å². The van der Waals surface area contributed by atoms with E-state index < -0.39 is 53.0 Å². The first kappa shape index (κ1) is 15.2. The predicted octanol–water partition coefficient (Wildman–Crippen LogP) is 3.53. The van der Waals surface area contributed by atoms with Crippen molar-refractivity contribution in [1.29, 1.82) is 0 Å². The molecule has 0 aliphatic heterocycles. The minimum absolute atomic E-state index is 0.446. The van der Waals surface area contributed by atoms with Gasteiger partial charge >= 0.3 is 0 Å². The average molecular weight is 303 g/mol. The van der Waals surface area contributed by atoms with E-state index in [1.807, 2.05) is 0 Å². The van der Waals surface area contributed by atoms with Crippen molar-refractivity contribution in [3.63, 3.8) is 0 Å². The van der Waals surface area contributed by atoms with E-state index in [-0.39, 0.29) is 0 Å². The number of aliphatic hydroxyl groups excluding tert-OH is 1. The molecular formula is C14H10F5NO. The van der Waals surface area contributed by atoms with E-state index in [1.165, 1.54) is 0 Å². The Kier molecular flexibility index (Phi) is 4.42. The predicted molar refractivity (Wildman–Crippen MR) is 66.1 cm³/mol. The molecule has 21 heavy (non-hydrogen) atoms. The van der Waals surface area contributed by atoms with Crippen LogP contribution in [0.15, 0.2) is 30.3 Å². The molecule has 0 aromatic heterocycles. The summed E-state index contributed by atoms with van der Waals surface area (Å²) in [7, 11) is 0. The van der Waals surface area contributed by atoms with Crippen LogP contribution in [-0.2, 0) is 0 Å². The van der Waals surface area contributed by atoms with Crippen molar-refractivity contribution in [2.45, 2.75) is 6.10 Å². The molecule has 0 aliphatic carbocycles. The first-order chi connectivity index (χ1) is 9.90. The highest BCUT2D eigenvalue weighted by atomic mass is 19.2. The van der Waals surface area contributed by atoms with Crippen LogP contribution in [0.25, 0.3) is 0 Å². The molecule has 0 bridgehead atoms. The standard InChI is InChI=1S/C14H10F5NO/c15-7-4-10(18)14(11(19)5-7)20-6-12(21)13-8(16)2-1-3-9(13)17/h1-5,12,20-21H,6H2. The monoisotopic (exact) mass is 303 g/mol. The van der Waals surface area contributed by atoms with Gasteiger partial charge in [-0.25, -0.2) is 22.0 Å². The van der Waals surface area contributed by atoms with Gasteiger partial charge in [-0.3, -0.25) is 0 Å². The molecule has 0 fully saturated rings. The highest BCUT2D eigenvalue weighted by Crippen LogP contribution is 2.24. The van der Waals surface area contributed by atoms with E-state index in [4.69, 9.17) is 0 Å². The summed E-state index contributed by atoms with van der Waals surface area (Å²) in [5.74, 6) is -5.49. The summed E-state index contributed by atoms with van der Waals surface area (Å²) < 4.78 is 66.2. The highest BCUT2D eigenvalue weighted by Gasteiger charge is 2.19. The third-order valence-electron chi connectivity index (χ3n) is 2.81. The molecule has 0 saturated carbocycles. The fourth-order valence-electron chi connectivity index (χ4n) is 1.84. The third kappa shape index (κ3) is 3.30. The summed E-state index contributed by atoms with van der Waals surface area (Å²) in [6.45, 7) is -0.558. The Hall–Kier alpha value is -2.15. The molecule has 0 heterocycles. The summed E-state index contributed by atoms with van der Waals surface area (Å²) in [6.07, 6.45) is -1.67. The van der Waals surface area contributed by atoms with Crippen LogP contribution in [0, 0.1) is 29.1 Å². The van der Waals surface area contributed by atoms with Crippen LogP contribution in [0.4, 0.5) is 27.6 Å². The molecule has 2 N–H and O–H groups in total. The minimum Gasteiger partial charge on any atom is -0.386 e. The quantitative estimate of drug-likeness (QED) is 0.847. The van der Waals surface area contributed by atoms with E-state index in [0.717, 1.165) is 18.2 Å². The van der Waals surface area contributed by atoms with Crippen LogP contribution in [-0.4, -0.2) is 11.7 Å². The topological polar surface area (TPSA) is 32.3 Å². The zero-order valence-electron chi connectivity index (χ0n) is 10.5. The lowest BCUT2D eigenvalue weighted by Crippen LogP contribution is -2.16. The number of halogens is 5. The maximum atomic E-state index is 13.4. The van der Waals surface area contributed by atoms with Crippen LogP contribution in [0.3, 0.4) is 0 Å². The summed E-state index contributed by atoms with van der Waals surface area (Å²) in [6, 6.07) is 3.90. The van der Waals surface area contributed by atoms with Crippen molar-refractivity contribution in [2.24, 2.45) is 0 Å².